The minimum absolute atomic E-state index is 0.00134. The van der Waals surface area contributed by atoms with Crippen LogP contribution in [-0.4, -0.2) is 77.4 Å². The van der Waals surface area contributed by atoms with E-state index in [0.717, 1.165) is 44.0 Å². The van der Waals surface area contributed by atoms with Crippen molar-refractivity contribution in [3.63, 3.8) is 0 Å². The number of carbonyl (C=O) groups excluding carboxylic acids is 2. The van der Waals surface area contributed by atoms with E-state index >= 15 is 0 Å². The van der Waals surface area contributed by atoms with Crippen molar-refractivity contribution in [2.75, 3.05) is 32.7 Å². The van der Waals surface area contributed by atoms with Crippen LogP contribution in [0, 0.1) is 0 Å². The first-order valence-corrected chi connectivity index (χ1v) is 12.2. The first-order chi connectivity index (χ1) is 15.2. The Morgan fingerprint density at radius 3 is 2.48 bits per heavy atom. The van der Waals surface area contributed by atoms with Crippen LogP contribution in [0.3, 0.4) is 0 Å². The third-order valence-electron chi connectivity index (χ3n) is 6.68. The van der Waals surface area contributed by atoms with E-state index in [-0.39, 0.29) is 23.9 Å². The Balaban J connectivity index is 1.38. The number of likely N-dealkylation sites (tertiary alicyclic amines) is 1. The molecule has 7 heteroatoms. The molecular weight excluding hydrogens is 408 g/mol. The van der Waals surface area contributed by atoms with Gasteiger partial charge in [-0.25, -0.2) is 0 Å². The Kier molecular flexibility index (Phi) is 6.07. The van der Waals surface area contributed by atoms with Crippen molar-refractivity contribution in [2.45, 2.75) is 43.9 Å². The van der Waals surface area contributed by atoms with Gasteiger partial charge >= 0.3 is 0 Å². The fraction of sp³-hybridized carbons (Fsp3) is 0.500. The van der Waals surface area contributed by atoms with Crippen LogP contribution in [0.4, 0.5) is 0 Å². The van der Waals surface area contributed by atoms with Gasteiger partial charge in [-0.1, -0.05) is 36.4 Å². The van der Waals surface area contributed by atoms with Crippen LogP contribution in [0.1, 0.15) is 34.5 Å². The van der Waals surface area contributed by atoms with E-state index in [2.05, 4.69) is 34.5 Å². The van der Waals surface area contributed by atoms with Gasteiger partial charge in [0.15, 0.2) is 0 Å². The second kappa shape index (κ2) is 9.10. The monoisotopic (exact) mass is 438 g/mol. The van der Waals surface area contributed by atoms with E-state index in [1.54, 1.807) is 0 Å². The second-order valence-corrected chi connectivity index (χ2v) is 9.75. The summed E-state index contributed by atoms with van der Waals surface area (Å²) in [4.78, 5) is 33.9. The summed E-state index contributed by atoms with van der Waals surface area (Å²) in [6.45, 7) is 4.59. The minimum Gasteiger partial charge on any atom is -0.338 e. The molecule has 0 bridgehead atoms. The summed E-state index contributed by atoms with van der Waals surface area (Å²) in [5.41, 5.74) is 1.29. The number of amides is 2. The quantitative estimate of drug-likeness (QED) is 0.753. The zero-order valence-electron chi connectivity index (χ0n) is 17.8. The van der Waals surface area contributed by atoms with Gasteiger partial charge in [0.05, 0.1) is 4.88 Å². The summed E-state index contributed by atoms with van der Waals surface area (Å²) in [7, 11) is 0. The minimum atomic E-state index is -0.366. The fourth-order valence-electron chi connectivity index (χ4n) is 4.91. The number of carbonyl (C=O) groups is 2. The molecule has 2 aromatic rings. The zero-order chi connectivity index (χ0) is 21.2. The number of benzene rings is 1. The summed E-state index contributed by atoms with van der Waals surface area (Å²) >= 11 is 1.46. The summed E-state index contributed by atoms with van der Waals surface area (Å²) in [5.74, 6) is 0.116. The number of nitrogens with one attached hydrogen (secondary N) is 1. The summed E-state index contributed by atoms with van der Waals surface area (Å²) < 4.78 is 0. The van der Waals surface area contributed by atoms with Crippen LogP contribution in [0.15, 0.2) is 47.8 Å². The van der Waals surface area contributed by atoms with Crippen molar-refractivity contribution < 1.29 is 9.59 Å². The molecule has 1 aliphatic carbocycles. The molecule has 2 atom stereocenters. The van der Waals surface area contributed by atoms with Crippen molar-refractivity contribution >= 4 is 23.2 Å². The highest BCUT2D eigenvalue weighted by molar-refractivity contribution is 7.12. The first kappa shape index (κ1) is 20.7. The zero-order valence-corrected chi connectivity index (χ0v) is 18.6. The molecule has 1 N–H and O–H groups in total. The van der Waals surface area contributed by atoms with Crippen molar-refractivity contribution in [3.8, 4) is 0 Å². The molecule has 0 radical (unpaired) electrons. The largest absolute Gasteiger partial charge is 0.338 e. The molecule has 3 heterocycles. The van der Waals surface area contributed by atoms with Crippen LogP contribution in [-0.2, 0) is 11.3 Å². The molecule has 6 nitrogen and oxygen atoms in total. The third kappa shape index (κ3) is 4.54. The van der Waals surface area contributed by atoms with Crippen molar-refractivity contribution in [1.82, 2.24) is 20.0 Å². The molecule has 3 aliphatic rings. The Morgan fingerprint density at radius 1 is 1.03 bits per heavy atom. The predicted molar refractivity (Wildman–Crippen MR) is 122 cm³/mol. The normalized spacial score (nSPS) is 24.0. The molecule has 1 aromatic heterocycles. The highest BCUT2D eigenvalue weighted by Crippen LogP contribution is 2.35. The smallest absolute Gasteiger partial charge is 0.264 e. The van der Waals surface area contributed by atoms with Gasteiger partial charge in [-0.05, 0) is 36.3 Å². The Bertz CT molecular complexity index is 894. The Hall–Kier alpha value is -2.22. The molecule has 1 aromatic carbocycles. The van der Waals surface area contributed by atoms with Gasteiger partial charge in [0.25, 0.3) is 5.91 Å². The average molecular weight is 439 g/mol. The Morgan fingerprint density at radius 2 is 1.81 bits per heavy atom. The highest BCUT2D eigenvalue weighted by atomic mass is 32.1. The number of thiophene rings is 1. The van der Waals surface area contributed by atoms with Crippen LogP contribution >= 0.6 is 11.3 Å². The molecule has 2 amide bonds. The number of hydrogen-bond donors (Lipinski definition) is 1. The van der Waals surface area contributed by atoms with Crippen molar-refractivity contribution in [1.29, 1.82) is 0 Å². The standard InChI is InChI=1S/C24H30N4O2S/c29-23(26-12-10-25-11-13-26)21-15-20(17-28(21)24(30)22-7-4-14-31-22)27(19-8-9-19)16-18-5-2-1-3-6-18/h1-7,14,19-21,25H,8-13,15-17H2. The molecule has 1 saturated carbocycles. The van der Waals surface area contributed by atoms with Gasteiger partial charge in [0.1, 0.15) is 6.04 Å². The Labute approximate surface area is 187 Å². The first-order valence-electron chi connectivity index (χ1n) is 11.3. The summed E-state index contributed by atoms with van der Waals surface area (Å²) in [6, 6.07) is 14.7. The van der Waals surface area contributed by atoms with Crippen LogP contribution in [0.2, 0.25) is 0 Å². The molecule has 2 aliphatic heterocycles. The molecule has 164 valence electrons. The summed E-state index contributed by atoms with van der Waals surface area (Å²) in [6.07, 6.45) is 3.14. The molecular formula is C24H30N4O2S. The fourth-order valence-corrected chi connectivity index (χ4v) is 5.59. The maximum Gasteiger partial charge on any atom is 0.264 e. The molecule has 2 saturated heterocycles. The van der Waals surface area contributed by atoms with E-state index < -0.39 is 0 Å². The lowest BCUT2D eigenvalue weighted by molar-refractivity contribution is -0.135. The third-order valence-corrected chi connectivity index (χ3v) is 7.54. The van der Waals surface area contributed by atoms with Crippen molar-refractivity contribution in [2.24, 2.45) is 0 Å². The topological polar surface area (TPSA) is 55.9 Å². The van der Waals surface area contributed by atoms with E-state index in [0.29, 0.717) is 12.6 Å². The highest BCUT2D eigenvalue weighted by Gasteiger charge is 2.46. The SMILES string of the molecule is O=C(C1CC(N(Cc2ccccc2)C2CC2)CN1C(=O)c1cccs1)N1CCNCC1. The molecule has 3 fully saturated rings. The molecule has 2 unspecified atom stereocenters. The van der Waals surface area contributed by atoms with Gasteiger partial charge in [-0.3, -0.25) is 14.5 Å². The molecule has 5 rings (SSSR count). The number of nitrogens with zero attached hydrogens (tertiary/aromatic N) is 3. The number of rotatable bonds is 6. The lowest BCUT2D eigenvalue weighted by Crippen LogP contribution is -2.53. The number of piperazine rings is 1. The van der Waals surface area contributed by atoms with Crippen LogP contribution < -0.4 is 5.32 Å². The predicted octanol–water partition coefficient (Wildman–Crippen LogP) is 2.43. The van der Waals surface area contributed by atoms with Crippen LogP contribution in [0.5, 0.6) is 0 Å². The van der Waals surface area contributed by atoms with Crippen molar-refractivity contribution in [3.05, 3.63) is 58.3 Å². The average Bonchev–Trinajstić information content (AvgIpc) is 3.33. The molecule has 0 spiro atoms. The van der Waals surface area contributed by atoms with Gasteiger partial charge in [0, 0.05) is 51.4 Å². The van der Waals surface area contributed by atoms with E-state index in [1.807, 2.05) is 33.4 Å². The lowest BCUT2D eigenvalue weighted by atomic mass is 10.1. The maximum absolute atomic E-state index is 13.5. The van der Waals surface area contributed by atoms with E-state index in [4.69, 9.17) is 0 Å². The lowest BCUT2D eigenvalue weighted by Gasteiger charge is -2.32. The van der Waals surface area contributed by atoms with Gasteiger partial charge in [-0.2, -0.15) is 0 Å². The summed E-state index contributed by atoms with van der Waals surface area (Å²) in [5, 5.41) is 5.24. The second-order valence-electron chi connectivity index (χ2n) is 8.80. The van der Waals surface area contributed by atoms with Crippen LogP contribution in [0.25, 0.3) is 0 Å². The van der Waals surface area contributed by atoms with Gasteiger partial charge < -0.3 is 15.1 Å². The number of hydrogen-bond acceptors (Lipinski definition) is 5. The van der Waals surface area contributed by atoms with Gasteiger partial charge in [0.2, 0.25) is 5.91 Å². The van der Waals surface area contributed by atoms with Gasteiger partial charge in [-0.15, -0.1) is 11.3 Å². The molecule has 31 heavy (non-hydrogen) atoms. The van der Waals surface area contributed by atoms with E-state index in [9.17, 15) is 9.59 Å². The maximum atomic E-state index is 13.5. The van der Waals surface area contributed by atoms with E-state index in [1.165, 1.54) is 29.7 Å².